The molecule has 12 heteroatoms. The van der Waals surface area contributed by atoms with Crippen molar-refractivity contribution >= 4 is 27.6 Å². The van der Waals surface area contributed by atoms with Crippen LogP contribution < -0.4 is 4.90 Å². The molecule has 0 radical (unpaired) electrons. The van der Waals surface area contributed by atoms with Crippen LogP contribution in [0.15, 0.2) is 18.2 Å². The summed E-state index contributed by atoms with van der Waals surface area (Å²) in [6.07, 6.45) is -2.02. The van der Waals surface area contributed by atoms with Gasteiger partial charge in [0.1, 0.15) is 0 Å². The number of fused-ring (bicyclic) bond motifs is 1. The smallest absolute Gasteiger partial charge is 0.415 e. The van der Waals surface area contributed by atoms with E-state index in [0.29, 0.717) is 6.42 Å². The third-order valence-corrected chi connectivity index (χ3v) is 6.60. The first-order valence-corrected chi connectivity index (χ1v) is 11.6. The minimum absolute atomic E-state index is 0.0213. The van der Waals surface area contributed by atoms with Crippen LogP contribution in [-0.2, 0) is 30.9 Å². The molecule has 1 unspecified atom stereocenters. The highest BCUT2D eigenvalue weighted by molar-refractivity contribution is 7.89. The summed E-state index contributed by atoms with van der Waals surface area (Å²) in [6, 6.07) is 3.85. The number of anilines is 1. The van der Waals surface area contributed by atoms with Gasteiger partial charge in [0, 0.05) is 23.2 Å². The van der Waals surface area contributed by atoms with Crippen LogP contribution in [0.1, 0.15) is 41.7 Å². The van der Waals surface area contributed by atoms with Crippen molar-refractivity contribution in [1.82, 2.24) is 0 Å². The third kappa shape index (κ3) is 4.65. The number of carbonyl (C=O) groups is 2. The van der Waals surface area contributed by atoms with Crippen molar-refractivity contribution in [3.8, 4) is 0 Å². The van der Waals surface area contributed by atoms with Gasteiger partial charge in [0.25, 0.3) is 0 Å². The first-order valence-electron chi connectivity index (χ1n) is 9.73. The number of carboxylic acids is 1. The number of ether oxygens (including phenoxy) is 1. The molecule has 33 heavy (non-hydrogen) atoms. The molecular weight excluding hydrogens is 470 g/mol. The van der Waals surface area contributed by atoms with Crippen LogP contribution in [0.2, 0.25) is 0 Å². The van der Waals surface area contributed by atoms with Crippen molar-refractivity contribution in [3.63, 3.8) is 0 Å². The van der Waals surface area contributed by atoms with Gasteiger partial charge in [-0.2, -0.15) is 0 Å². The summed E-state index contributed by atoms with van der Waals surface area (Å²) >= 11 is 0. The number of rotatable bonds is 7. The van der Waals surface area contributed by atoms with Crippen molar-refractivity contribution < 1.29 is 45.4 Å². The maximum Gasteiger partial charge on any atom is 0.415 e. The highest BCUT2D eigenvalue weighted by Crippen LogP contribution is 2.36. The van der Waals surface area contributed by atoms with E-state index in [4.69, 9.17) is 4.74 Å². The van der Waals surface area contributed by atoms with Crippen LogP contribution in [-0.4, -0.2) is 32.1 Å². The molecule has 0 aliphatic carbocycles. The number of aliphatic carboxylic acids is 1. The van der Waals surface area contributed by atoms with Crippen molar-refractivity contribution in [1.29, 1.82) is 0 Å². The standard InChI is InChI=1S/C21H19F4NO6S/c1-3-6-26-14-5-4-11(7-12(14)19(20(27)28)32-21(26)29)8-33(30,31)9-13-17(24)15(22)10(2)16(23)18(13)25/h4-5,7,19H,3,6,8-9H2,1-2H3,(H,27,28). The zero-order valence-corrected chi connectivity index (χ0v) is 18.3. The molecule has 0 saturated heterocycles. The van der Waals surface area contributed by atoms with Crippen LogP contribution in [0.4, 0.5) is 28.0 Å². The van der Waals surface area contributed by atoms with E-state index in [-0.39, 0.29) is 23.4 Å². The average molecular weight is 489 g/mol. The van der Waals surface area contributed by atoms with Gasteiger partial charge < -0.3 is 9.84 Å². The van der Waals surface area contributed by atoms with Crippen molar-refractivity contribution in [2.45, 2.75) is 37.9 Å². The average Bonchev–Trinajstić information content (AvgIpc) is 2.75. The number of hydrogen-bond donors (Lipinski definition) is 1. The van der Waals surface area contributed by atoms with Gasteiger partial charge in [-0.1, -0.05) is 13.0 Å². The lowest BCUT2D eigenvalue weighted by Crippen LogP contribution is -2.40. The van der Waals surface area contributed by atoms with Gasteiger partial charge in [-0.3, -0.25) is 4.90 Å². The Hall–Kier alpha value is -3.15. The normalized spacial score (nSPS) is 15.9. The molecule has 0 aromatic heterocycles. The molecule has 0 bridgehead atoms. The maximum absolute atomic E-state index is 14.1. The fourth-order valence-corrected chi connectivity index (χ4v) is 5.02. The Morgan fingerprint density at radius 2 is 1.70 bits per heavy atom. The molecule has 7 nitrogen and oxygen atoms in total. The molecular formula is C21H19F4NO6S. The summed E-state index contributed by atoms with van der Waals surface area (Å²) in [4.78, 5) is 24.9. The Morgan fingerprint density at radius 3 is 2.24 bits per heavy atom. The zero-order valence-electron chi connectivity index (χ0n) is 17.5. The molecule has 0 spiro atoms. The number of nitrogens with zero attached hydrogens (tertiary/aromatic N) is 1. The molecule has 1 amide bonds. The fourth-order valence-electron chi connectivity index (χ4n) is 3.53. The fraction of sp³-hybridized carbons (Fsp3) is 0.333. The van der Waals surface area contributed by atoms with Crippen molar-refractivity contribution in [2.75, 3.05) is 11.4 Å². The van der Waals surface area contributed by atoms with Gasteiger partial charge in [-0.25, -0.2) is 35.6 Å². The van der Waals surface area contributed by atoms with Crippen LogP contribution in [0.25, 0.3) is 0 Å². The molecule has 2 aromatic rings. The summed E-state index contributed by atoms with van der Waals surface area (Å²) in [5, 5.41) is 9.40. The molecule has 0 saturated carbocycles. The second-order valence-electron chi connectivity index (χ2n) is 7.54. The van der Waals surface area contributed by atoms with Gasteiger partial charge in [-0.05, 0) is 31.0 Å². The molecule has 3 rings (SSSR count). The van der Waals surface area contributed by atoms with Gasteiger partial charge >= 0.3 is 12.1 Å². The van der Waals surface area contributed by atoms with Crippen LogP contribution in [0.3, 0.4) is 0 Å². The number of hydrogen-bond acceptors (Lipinski definition) is 5. The minimum Gasteiger partial charge on any atom is -0.478 e. The number of sulfone groups is 1. The van der Waals surface area contributed by atoms with Gasteiger partial charge in [-0.15, -0.1) is 0 Å². The molecule has 0 fully saturated rings. The number of carbonyl (C=O) groups excluding carboxylic acids is 1. The first-order chi connectivity index (χ1) is 15.4. The Balaban J connectivity index is 1.97. The van der Waals surface area contributed by atoms with E-state index >= 15 is 0 Å². The number of cyclic esters (lactones) is 1. The van der Waals surface area contributed by atoms with E-state index in [1.807, 2.05) is 0 Å². The molecule has 1 aliphatic rings. The molecule has 1 N–H and O–H groups in total. The summed E-state index contributed by atoms with van der Waals surface area (Å²) < 4.78 is 86.0. The molecule has 1 atom stereocenters. The Bertz CT molecular complexity index is 1220. The lowest BCUT2D eigenvalue weighted by molar-refractivity contribution is -0.147. The van der Waals surface area contributed by atoms with Crippen LogP contribution >= 0.6 is 0 Å². The van der Waals surface area contributed by atoms with Crippen LogP contribution in [0, 0.1) is 30.2 Å². The number of carboxylic acid groups (broad SMARTS) is 1. The monoisotopic (exact) mass is 489 g/mol. The minimum atomic E-state index is -4.36. The van der Waals surface area contributed by atoms with E-state index < -0.39 is 73.9 Å². The summed E-state index contributed by atoms with van der Waals surface area (Å²) in [5.41, 5.74) is -1.90. The number of benzene rings is 2. The summed E-state index contributed by atoms with van der Waals surface area (Å²) in [5.74, 6) is -10.6. The predicted octanol–water partition coefficient (Wildman–Crippen LogP) is 4.16. The summed E-state index contributed by atoms with van der Waals surface area (Å²) in [6.45, 7) is 2.82. The number of halogens is 4. The van der Waals surface area contributed by atoms with E-state index in [2.05, 4.69) is 0 Å². The highest BCUT2D eigenvalue weighted by atomic mass is 32.2. The lowest BCUT2D eigenvalue weighted by Gasteiger charge is -2.32. The van der Waals surface area contributed by atoms with Gasteiger partial charge in [0.2, 0.25) is 6.10 Å². The largest absolute Gasteiger partial charge is 0.478 e. The Morgan fingerprint density at radius 1 is 1.09 bits per heavy atom. The van der Waals surface area contributed by atoms with E-state index in [9.17, 15) is 40.7 Å². The molecule has 2 aromatic carbocycles. The van der Waals surface area contributed by atoms with E-state index in [1.54, 1.807) is 6.92 Å². The first kappa shape index (κ1) is 24.5. The topological polar surface area (TPSA) is 101 Å². The Kier molecular flexibility index (Phi) is 6.68. The second kappa shape index (κ2) is 9.00. The SMILES string of the molecule is CCCN1C(=O)OC(C(=O)O)c2cc(CS(=O)(=O)Cc3c(F)c(F)c(C)c(F)c3F)ccc21. The van der Waals surface area contributed by atoms with E-state index in [1.165, 1.54) is 23.1 Å². The highest BCUT2D eigenvalue weighted by Gasteiger charge is 2.37. The summed E-state index contributed by atoms with van der Waals surface area (Å²) in [7, 11) is -4.36. The zero-order chi connectivity index (χ0) is 24.7. The number of amides is 1. The van der Waals surface area contributed by atoms with Crippen molar-refractivity contribution in [3.05, 3.63) is 63.7 Å². The van der Waals surface area contributed by atoms with Crippen molar-refractivity contribution in [2.24, 2.45) is 0 Å². The molecule has 178 valence electrons. The molecule has 1 heterocycles. The van der Waals surface area contributed by atoms with E-state index in [0.717, 1.165) is 6.92 Å². The quantitative estimate of drug-likeness (QED) is 0.463. The third-order valence-electron chi connectivity index (χ3n) is 5.10. The van der Waals surface area contributed by atoms with Gasteiger partial charge in [0.05, 0.1) is 17.2 Å². The maximum atomic E-state index is 14.1. The van der Waals surface area contributed by atoms with Gasteiger partial charge in [0.15, 0.2) is 33.1 Å². The Labute approximate surface area is 186 Å². The second-order valence-corrected chi connectivity index (χ2v) is 9.60. The predicted molar refractivity (Wildman–Crippen MR) is 108 cm³/mol. The molecule has 1 aliphatic heterocycles. The lowest BCUT2D eigenvalue weighted by atomic mass is 10.0. The van der Waals surface area contributed by atoms with Crippen LogP contribution in [0.5, 0.6) is 0 Å².